The molecular weight excluding hydrogens is 438 g/mol. The Labute approximate surface area is 198 Å². The number of amides is 3. The van der Waals surface area contributed by atoms with E-state index < -0.39 is 0 Å². The Morgan fingerprint density at radius 2 is 1.59 bits per heavy atom. The first kappa shape index (κ1) is 23.9. The lowest BCUT2D eigenvalue weighted by Gasteiger charge is -2.36. The van der Waals surface area contributed by atoms with Gasteiger partial charge in [-0.25, -0.2) is 0 Å². The fourth-order valence-electron chi connectivity index (χ4n) is 4.06. The van der Waals surface area contributed by atoms with Gasteiger partial charge >= 0.3 is 0 Å². The molecule has 0 spiro atoms. The minimum absolute atomic E-state index is 0.125. The number of carbonyl (C=O) groups excluding carboxylic acids is 3. The number of hydrogen-bond donors (Lipinski definition) is 2. The maximum Gasteiger partial charge on any atom is 0.253 e. The number of hydrogen-bond acceptors (Lipinski definition) is 7. The first-order valence-electron chi connectivity index (χ1n) is 11.6. The number of furan rings is 1. The zero-order chi connectivity index (χ0) is 23.8. The number of para-hydroxylation sites is 1. The van der Waals surface area contributed by atoms with Gasteiger partial charge in [-0.2, -0.15) is 0 Å². The van der Waals surface area contributed by atoms with Gasteiger partial charge in [-0.05, 0) is 24.3 Å². The number of piperazine rings is 1. The van der Waals surface area contributed by atoms with Crippen molar-refractivity contribution in [3.05, 3.63) is 54.0 Å². The first-order chi connectivity index (χ1) is 16.6. The number of rotatable bonds is 8. The van der Waals surface area contributed by atoms with Crippen LogP contribution in [0.2, 0.25) is 0 Å². The minimum atomic E-state index is -0.292. The van der Waals surface area contributed by atoms with Crippen LogP contribution in [0.5, 0.6) is 0 Å². The lowest BCUT2D eigenvalue weighted by atomic mass is 10.1. The van der Waals surface area contributed by atoms with Gasteiger partial charge in [0, 0.05) is 39.3 Å². The summed E-state index contributed by atoms with van der Waals surface area (Å²) >= 11 is 0. The second-order valence-corrected chi connectivity index (χ2v) is 8.40. The van der Waals surface area contributed by atoms with Crippen molar-refractivity contribution in [1.82, 2.24) is 20.0 Å². The van der Waals surface area contributed by atoms with Gasteiger partial charge in [-0.1, -0.05) is 12.1 Å². The molecule has 2 fully saturated rings. The fraction of sp³-hybridized carbons (Fsp3) is 0.458. The summed E-state index contributed by atoms with van der Waals surface area (Å²) in [4.78, 5) is 43.9. The zero-order valence-corrected chi connectivity index (χ0v) is 19.2. The summed E-state index contributed by atoms with van der Waals surface area (Å²) in [6.45, 7) is 6.27. The molecule has 2 aromatic rings. The Hall–Kier alpha value is -3.21. The lowest BCUT2D eigenvalue weighted by molar-refractivity contribution is -0.135. The highest BCUT2D eigenvalue weighted by Crippen LogP contribution is 2.16. The van der Waals surface area contributed by atoms with Crippen LogP contribution in [0.15, 0.2) is 47.1 Å². The molecule has 2 aliphatic heterocycles. The first-order valence-corrected chi connectivity index (χ1v) is 11.6. The number of carbonyl (C=O) groups is 3. The molecule has 1 aromatic carbocycles. The van der Waals surface area contributed by atoms with E-state index in [9.17, 15) is 14.4 Å². The van der Waals surface area contributed by atoms with Gasteiger partial charge in [-0.3, -0.25) is 24.2 Å². The lowest BCUT2D eigenvalue weighted by Crippen LogP contribution is -2.53. The summed E-state index contributed by atoms with van der Waals surface area (Å²) in [7, 11) is 0. The van der Waals surface area contributed by atoms with Crippen LogP contribution in [-0.2, 0) is 20.9 Å². The van der Waals surface area contributed by atoms with Crippen LogP contribution >= 0.6 is 0 Å². The summed E-state index contributed by atoms with van der Waals surface area (Å²) in [5.41, 5.74) is 0.852. The topological polar surface area (TPSA) is 107 Å². The van der Waals surface area contributed by atoms with Crippen molar-refractivity contribution in [3.8, 4) is 0 Å². The fourth-order valence-corrected chi connectivity index (χ4v) is 4.06. The molecule has 1 aromatic heterocycles. The molecule has 34 heavy (non-hydrogen) atoms. The summed E-state index contributed by atoms with van der Waals surface area (Å²) in [6.07, 6.45) is 1.55. The molecule has 10 heteroatoms. The quantitative estimate of drug-likeness (QED) is 0.584. The number of nitrogens with one attached hydrogen (secondary N) is 2. The van der Waals surface area contributed by atoms with Crippen LogP contribution in [0.3, 0.4) is 0 Å². The number of ether oxygens (including phenoxy) is 1. The molecule has 0 atom stereocenters. The predicted molar refractivity (Wildman–Crippen MR) is 125 cm³/mol. The minimum Gasteiger partial charge on any atom is -0.467 e. The SMILES string of the molecule is O=C(CN1CCN(C(=O)CN2CCOCC2)CC1)Nc1ccccc1C(=O)NCc1ccco1. The van der Waals surface area contributed by atoms with E-state index in [4.69, 9.17) is 9.15 Å². The van der Waals surface area contributed by atoms with E-state index in [-0.39, 0.29) is 30.8 Å². The maximum atomic E-state index is 12.7. The predicted octanol–water partition coefficient (Wildman–Crippen LogP) is 0.625. The van der Waals surface area contributed by atoms with Gasteiger partial charge in [-0.15, -0.1) is 0 Å². The number of morpholine rings is 1. The molecule has 0 radical (unpaired) electrons. The molecule has 2 saturated heterocycles. The molecule has 4 rings (SSSR count). The van der Waals surface area contributed by atoms with Crippen molar-refractivity contribution in [1.29, 1.82) is 0 Å². The van der Waals surface area contributed by atoms with E-state index in [1.807, 2.05) is 9.80 Å². The Bertz CT molecular complexity index is 966. The Kier molecular flexibility index (Phi) is 8.29. The number of nitrogens with zero attached hydrogens (tertiary/aromatic N) is 3. The van der Waals surface area contributed by atoms with Crippen LogP contribution in [-0.4, -0.2) is 98.0 Å². The van der Waals surface area contributed by atoms with Crippen LogP contribution < -0.4 is 10.6 Å². The van der Waals surface area contributed by atoms with Crippen molar-refractivity contribution < 1.29 is 23.5 Å². The average Bonchev–Trinajstić information content (AvgIpc) is 3.38. The van der Waals surface area contributed by atoms with Crippen molar-refractivity contribution in [3.63, 3.8) is 0 Å². The van der Waals surface area contributed by atoms with Crippen molar-refractivity contribution >= 4 is 23.4 Å². The summed E-state index contributed by atoms with van der Waals surface area (Å²) in [5.74, 6) is 0.289. The molecule has 3 heterocycles. The summed E-state index contributed by atoms with van der Waals surface area (Å²) < 4.78 is 10.6. The average molecular weight is 470 g/mol. The Morgan fingerprint density at radius 1 is 0.853 bits per heavy atom. The third-order valence-electron chi connectivity index (χ3n) is 6.00. The van der Waals surface area contributed by atoms with E-state index >= 15 is 0 Å². The highest BCUT2D eigenvalue weighted by Gasteiger charge is 2.24. The van der Waals surface area contributed by atoms with E-state index in [2.05, 4.69) is 15.5 Å². The van der Waals surface area contributed by atoms with Gasteiger partial charge in [0.2, 0.25) is 11.8 Å². The molecule has 2 N–H and O–H groups in total. The smallest absolute Gasteiger partial charge is 0.253 e. The number of anilines is 1. The summed E-state index contributed by atoms with van der Waals surface area (Å²) in [5, 5.41) is 5.65. The molecular formula is C24H31N5O5. The molecule has 2 aliphatic rings. The second-order valence-electron chi connectivity index (χ2n) is 8.40. The van der Waals surface area contributed by atoms with Gasteiger partial charge in [0.15, 0.2) is 0 Å². The van der Waals surface area contributed by atoms with E-state index in [1.165, 1.54) is 0 Å². The molecule has 3 amide bonds. The molecule has 0 aliphatic carbocycles. The third-order valence-corrected chi connectivity index (χ3v) is 6.00. The van der Waals surface area contributed by atoms with E-state index in [0.29, 0.717) is 62.9 Å². The van der Waals surface area contributed by atoms with Gasteiger partial charge in [0.25, 0.3) is 5.91 Å². The zero-order valence-electron chi connectivity index (χ0n) is 19.2. The Balaban J connectivity index is 1.23. The van der Waals surface area contributed by atoms with Gasteiger partial charge in [0.1, 0.15) is 5.76 Å². The standard InChI is InChI=1S/C24H31N5O5/c30-22(17-27-7-9-29(10-8-27)23(31)18-28-11-14-33-15-12-28)26-21-6-2-1-5-20(21)24(32)25-16-19-4-3-13-34-19/h1-6,13H,7-12,14-18H2,(H,25,32)(H,26,30). The van der Waals surface area contributed by atoms with Crippen LogP contribution in [0.25, 0.3) is 0 Å². The molecule has 182 valence electrons. The van der Waals surface area contributed by atoms with Crippen molar-refractivity contribution in [2.75, 3.05) is 70.9 Å². The highest BCUT2D eigenvalue weighted by atomic mass is 16.5. The molecule has 0 saturated carbocycles. The number of benzene rings is 1. The largest absolute Gasteiger partial charge is 0.467 e. The van der Waals surface area contributed by atoms with Gasteiger partial charge < -0.3 is 24.7 Å². The molecule has 0 bridgehead atoms. The second kappa shape index (κ2) is 11.8. The van der Waals surface area contributed by atoms with Crippen LogP contribution in [0, 0.1) is 0 Å². The highest BCUT2D eigenvalue weighted by molar-refractivity contribution is 6.04. The van der Waals surface area contributed by atoms with E-state index in [1.54, 1.807) is 42.7 Å². The van der Waals surface area contributed by atoms with Gasteiger partial charge in [0.05, 0.1) is 50.4 Å². The summed E-state index contributed by atoms with van der Waals surface area (Å²) in [6, 6.07) is 10.5. The third kappa shape index (κ3) is 6.66. The van der Waals surface area contributed by atoms with E-state index in [0.717, 1.165) is 13.1 Å². The van der Waals surface area contributed by atoms with Crippen LogP contribution in [0.1, 0.15) is 16.1 Å². The van der Waals surface area contributed by atoms with Crippen molar-refractivity contribution in [2.45, 2.75) is 6.54 Å². The van der Waals surface area contributed by atoms with Crippen molar-refractivity contribution in [2.24, 2.45) is 0 Å². The monoisotopic (exact) mass is 469 g/mol. The molecule has 0 unspecified atom stereocenters. The van der Waals surface area contributed by atoms with Crippen LogP contribution in [0.4, 0.5) is 5.69 Å². The maximum absolute atomic E-state index is 12.7. The normalized spacial score (nSPS) is 17.4. The molecule has 10 nitrogen and oxygen atoms in total. The Morgan fingerprint density at radius 3 is 2.32 bits per heavy atom.